The number of hydrogen-bond acceptors (Lipinski definition) is 8. The van der Waals surface area contributed by atoms with Crippen molar-refractivity contribution in [3.8, 4) is 0 Å². The number of thioether (sulfide) groups is 1. The van der Waals surface area contributed by atoms with Crippen LogP contribution in [0.4, 0.5) is 0 Å². The predicted octanol–water partition coefficient (Wildman–Crippen LogP) is 5.72. The summed E-state index contributed by atoms with van der Waals surface area (Å²) in [4.78, 5) is 43.1. The van der Waals surface area contributed by atoms with Crippen LogP contribution in [0.2, 0.25) is 0 Å². The van der Waals surface area contributed by atoms with Crippen LogP contribution in [-0.2, 0) is 41.7 Å². The van der Waals surface area contributed by atoms with Crippen LogP contribution in [0.25, 0.3) is 10.8 Å². The van der Waals surface area contributed by atoms with Gasteiger partial charge in [0.2, 0.25) is 5.91 Å². The lowest BCUT2D eigenvalue weighted by atomic mass is 9.95. The third kappa shape index (κ3) is 10.9. The van der Waals surface area contributed by atoms with E-state index in [1.165, 1.54) is 25.8 Å². The highest BCUT2D eigenvalue weighted by Crippen LogP contribution is 2.24. The zero-order valence-corrected chi connectivity index (χ0v) is 25.4. The Labute approximate surface area is 252 Å². The lowest BCUT2D eigenvalue weighted by Crippen LogP contribution is -2.45. The molecule has 0 aliphatic carbocycles. The predicted molar refractivity (Wildman–Crippen MR) is 167 cm³/mol. The number of nitrogens with one attached hydrogen (secondary N) is 1. The van der Waals surface area contributed by atoms with Crippen LogP contribution in [-0.4, -0.2) is 54.8 Å². The maximum Gasteiger partial charge on any atom is 0.328 e. The third-order valence-electron chi connectivity index (χ3n) is 6.64. The second-order valence-electron chi connectivity index (χ2n) is 9.97. The third-order valence-corrected chi connectivity index (χ3v) is 7.81. The van der Waals surface area contributed by atoms with Gasteiger partial charge in [-0.1, -0.05) is 97.7 Å². The van der Waals surface area contributed by atoms with Gasteiger partial charge in [-0.2, -0.15) is 11.8 Å². The Morgan fingerprint density at radius 1 is 0.952 bits per heavy atom. The van der Waals surface area contributed by atoms with Crippen LogP contribution in [0.3, 0.4) is 0 Å². The minimum absolute atomic E-state index is 0.0166. The van der Waals surface area contributed by atoms with Gasteiger partial charge in [0.1, 0.15) is 32.1 Å². The van der Waals surface area contributed by atoms with Gasteiger partial charge in [0.25, 0.3) is 0 Å². The van der Waals surface area contributed by atoms with E-state index in [1.807, 2.05) is 61.5 Å². The summed E-state index contributed by atoms with van der Waals surface area (Å²) in [6.07, 6.45) is 2.65. The molecular formula is C33H40N2O6S. The van der Waals surface area contributed by atoms with Gasteiger partial charge in [0.15, 0.2) is 0 Å². The molecule has 0 saturated carbocycles. The van der Waals surface area contributed by atoms with Crippen molar-refractivity contribution in [1.29, 1.82) is 0 Å². The fourth-order valence-electron chi connectivity index (χ4n) is 4.47. The van der Waals surface area contributed by atoms with E-state index in [4.69, 9.17) is 14.3 Å². The first-order valence-electron chi connectivity index (χ1n) is 14.2. The quantitative estimate of drug-likeness (QED) is 0.122. The molecule has 1 N–H and O–H groups in total. The number of amides is 1. The molecular weight excluding hydrogens is 552 g/mol. The van der Waals surface area contributed by atoms with Crippen LogP contribution in [0.1, 0.15) is 44.2 Å². The molecule has 3 rings (SSSR count). The number of esters is 2. The normalized spacial score (nSPS) is 12.8. The summed E-state index contributed by atoms with van der Waals surface area (Å²) in [6, 6.07) is 22.9. The molecule has 0 aliphatic rings. The van der Waals surface area contributed by atoms with Crippen molar-refractivity contribution >= 4 is 46.1 Å². The zero-order valence-electron chi connectivity index (χ0n) is 24.5. The van der Waals surface area contributed by atoms with E-state index in [-0.39, 0.29) is 19.1 Å². The van der Waals surface area contributed by atoms with Crippen molar-refractivity contribution in [2.24, 2.45) is 11.1 Å². The van der Waals surface area contributed by atoms with E-state index in [2.05, 4.69) is 28.7 Å². The fourth-order valence-corrected chi connectivity index (χ4v) is 5.51. The molecule has 0 saturated heterocycles. The fraction of sp³-hybridized carbons (Fsp3) is 0.394. The highest BCUT2D eigenvalue weighted by Gasteiger charge is 2.27. The number of hydrogen-bond donors (Lipinski definition) is 1. The average Bonchev–Trinajstić information content (AvgIpc) is 3.00. The highest BCUT2D eigenvalue weighted by molar-refractivity contribution is 8.00. The summed E-state index contributed by atoms with van der Waals surface area (Å²) in [5.41, 5.74) is 2.49. The highest BCUT2D eigenvalue weighted by atomic mass is 32.2. The number of nitrogens with zero attached hydrogens (tertiary/aromatic N) is 1. The van der Waals surface area contributed by atoms with Crippen LogP contribution in [0.5, 0.6) is 0 Å². The van der Waals surface area contributed by atoms with Crippen molar-refractivity contribution in [2.45, 2.75) is 52.2 Å². The molecule has 0 spiro atoms. The molecule has 3 aromatic rings. The molecule has 224 valence electrons. The molecule has 3 aromatic carbocycles. The minimum atomic E-state index is -0.740. The van der Waals surface area contributed by atoms with E-state index < -0.39 is 23.9 Å². The van der Waals surface area contributed by atoms with Gasteiger partial charge in [-0.15, -0.1) is 0 Å². The largest absolute Gasteiger partial charge is 0.460 e. The number of oxime groups is 1. The Bertz CT molecular complexity index is 1330. The van der Waals surface area contributed by atoms with Crippen molar-refractivity contribution in [3.63, 3.8) is 0 Å². The molecule has 0 heterocycles. The standard InChI is InChI=1S/C33H40N2O6S/c1-4-5-18-31(33(38)41-20-25-12-7-6-8-13-25)34-32(37)28(22-42-23-29(35-39-3)21-40-24(2)36)19-27-16-11-15-26-14-9-10-17-30(26)27/h6-17,28,31H,4-5,18-23H2,1-3H3,(H,34,37)/t28-,31+/m1/s1. The number of benzene rings is 3. The molecule has 2 atom stereocenters. The van der Waals surface area contributed by atoms with Crippen LogP contribution >= 0.6 is 11.8 Å². The van der Waals surface area contributed by atoms with E-state index in [0.29, 0.717) is 30.1 Å². The summed E-state index contributed by atoms with van der Waals surface area (Å²) in [7, 11) is 1.43. The maximum absolute atomic E-state index is 13.8. The van der Waals surface area contributed by atoms with Crippen LogP contribution in [0.15, 0.2) is 78.0 Å². The molecule has 0 fully saturated rings. The van der Waals surface area contributed by atoms with E-state index in [9.17, 15) is 14.4 Å². The van der Waals surface area contributed by atoms with E-state index in [0.717, 1.165) is 34.7 Å². The monoisotopic (exact) mass is 592 g/mol. The molecule has 0 unspecified atom stereocenters. The van der Waals surface area contributed by atoms with Gasteiger partial charge in [-0.25, -0.2) is 4.79 Å². The second kappa shape index (κ2) is 17.9. The molecule has 9 heteroatoms. The van der Waals surface area contributed by atoms with Gasteiger partial charge in [0, 0.05) is 18.4 Å². The lowest BCUT2D eigenvalue weighted by Gasteiger charge is -2.22. The Balaban J connectivity index is 1.76. The number of ether oxygens (including phenoxy) is 2. The van der Waals surface area contributed by atoms with Crippen LogP contribution in [0, 0.1) is 5.92 Å². The molecule has 42 heavy (non-hydrogen) atoms. The van der Waals surface area contributed by atoms with E-state index >= 15 is 0 Å². The summed E-state index contributed by atoms with van der Waals surface area (Å²) >= 11 is 1.50. The number of carbonyl (C=O) groups excluding carboxylic acids is 3. The van der Waals surface area contributed by atoms with Crippen molar-refractivity contribution < 1.29 is 28.7 Å². The zero-order chi connectivity index (χ0) is 30.2. The number of unbranched alkanes of at least 4 members (excludes halogenated alkanes) is 1. The Morgan fingerprint density at radius 2 is 1.69 bits per heavy atom. The van der Waals surface area contributed by atoms with Crippen molar-refractivity contribution in [2.75, 3.05) is 25.2 Å². The van der Waals surface area contributed by atoms with Gasteiger partial charge in [0.05, 0.1) is 5.92 Å². The molecule has 1 amide bonds. The number of fused-ring (bicyclic) bond motifs is 1. The van der Waals surface area contributed by atoms with Gasteiger partial charge in [-0.05, 0) is 34.7 Å². The second-order valence-corrected chi connectivity index (χ2v) is 11.0. The van der Waals surface area contributed by atoms with Gasteiger partial charge in [-0.3, -0.25) is 9.59 Å². The van der Waals surface area contributed by atoms with Crippen LogP contribution < -0.4 is 5.32 Å². The SMILES string of the molecule is CCCC[C@H](NC(=O)[C@@H](CSCC(COC(C)=O)=NOC)Cc1cccc2ccccc12)C(=O)OCc1ccccc1. The minimum Gasteiger partial charge on any atom is -0.460 e. The van der Waals surface area contributed by atoms with Gasteiger partial charge < -0.3 is 19.6 Å². The summed E-state index contributed by atoms with van der Waals surface area (Å²) < 4.78 is 10.7. The topological polar surface area (TPSA) is 103 Å². The van der Waals surface area contributed by atoms with Crippen molar-refractivity contribution in [1.82, 2.24) is 5.32 Å². The molecule has 0 aromatic heterocycles. The maximum atomic E-state index is 13.8. The first-order chi connectivity index (χ1) is 20.4. The Hall–Kier alpha value is -3.85. The lowest BCUT2D eigenvalue weighted by molar-refractivity contribution is -0.149. The summed E-state index contributed by atoms with van der Waals surface area (Å²) in [5.74, 6) is -0.624. The number of carbonyl (C=O) groups is 3. The Kier molecular flexibility index (Phi) is 13.9. The number of rotatable bonds is 17. The summed E-state index contributed by atoms with van der Waals surface area (Å²) in [5, 5.41) is 9.17. The Morgan fingerprint density at radius 3 is 2.43 bits per heavy atom. The van der Waals surface area contributed by atoms with Gasteiger partial charge >= 0.3 is 11.9 Å². The average molecular weight is 593 g/mol. The molecule has 0 radical (unpaired) electrons. The summed E-state index contributed by atoms with van der Waals surface area (Å²) in [6.45, 7) is 3.55. The molecule has 8 nitrogen and oxygen atoms in total. The first kappa shape index (κ1) is 32.7. The van der Waals surface area contributed by atoms with E-state index in [1.54, 1.807) is 0 Å². The molecule has 0 bridgehead atoms. The smallest absolute Gasteiger partial charge is 0.328 e. The molecule has 0 aliphatic heterocycles. The van der Waals surface area contributed by atoms with Crippen molar-refractivity contribution in [3.05, 3.63) is 83.9 Å². The first-order valence-corrected chi connectivity index (χ1v) is 15.3.